The Hall–Kier alpha value is -2.48. The SMILES string of the molecule is Oc1cccc2ccc(Nc3ccccc3)cc12. The molecule has 0 bridgehead atoms. The maximum absolute atomic E-state index is 9.83. The summed E-state index contributed by atoms with van der Waals surface area (Å²) in [5.74, 6) is 0.309. The Labute approximate surface area is 106 Å². The van der Waals surface area contributed by atoms with Gasteiger partial charge in [0.05, 0.1) is 0 Å². The molecule has 0 saturated carbocycles. The number of anilines is 2. The molecule has 0 aliphatic heterocycles. The largest absolute Gasteiger partial charge is 0.507 e. The van der Waals surface area contributed by atoms with Crippen molar-refractivity contribution in [2.75, 3.05) is 5.32 Å². The molecular formula is C16H13NO. The number of benzene rings is 3. The molecule has 0 unspecified atom stereocenters. The zero-order chi connectivity index (χ0) is 12.4. The lowest BCUT2D eigenvalue weighted by Crippen LogP contribution is -1.89. The Morgan fingerprint density at radius 2 is 1.56 bits per heavy atom. The van der Waals surface area contributed by atoms with E-state index < -0.39 is 0 Å². The van der Waals surface area contributed by atoms with Crippen LogP contribution in [0.15, 0.2) is 66.7 Å². The van der Waals surface area contributed by atoms with Gasteiger partial charge in [0.1, 0.15) is 5.75 Å². The third kappa shape index (κ3) is 2.00. The van der Waals surface area contributed by atoms with Crippen LogP contribution in [0.25, 0.3) is 10.8 Å². The average molecular weight is 235 g/mol. The average Bonchev–Trinajstić information content (AvgIpc) is 2.41. The Kier molecular flexibility index (Phi) is 2.61. The molecule has 0 aromatic heterocycles. The third-order valence-corrected chi connectivity index (χ3v) is 2.92. The molecule has 0 fully saturated rings. The van der Waals surface area contributed by atoms with Gasteiger partial charge in [-0.15, -0.1) is 0 Å². The zero-order valence-electron chi connectivity index (χ0n) is 9.80. The van der Waals surface area contributed by atoms with Crippen LogP contribution in [0, 0.1) is 0 Å². The van der Waals surface area contributed by atoms with Crippen LogP contribution in [0.2, 0.25) is 0 Å². The quantitative estimate of drug-likeness (QED) is 0.694. The highest BCUT2D eigenvalue weighted by molar-refractivity contribution is 5.91. The predicted molar refractivity (Wildman–Crippen MR) is 75.3 cm³/mol. The lowest BCUT2D eigenvalue weighted by Gasteiger charge is -2.08. The van der Waals surface area contributed by atoms with E-state index >= 15 is 0 Å². The fourth-order valence-electron chi connectivity index (χ4n) is 2.02. The molecule has 2 nitrogen and oxygen atoms in total. The minimum atomic E-state index is 0.309. The van der Waals surface area contributed by atoms with Gasteiger partial charge in [0.25, 0.3) is 0 Å². The summed E-state index contributed by atoms with van der Waals surface area (Å²) in [7, 11) is 0. The molecule has 18 heavy (non-hydrogen) atoms. The van der Waals surface area contributed by atoms with E-state index in [1.807, 2.05) is 60.7 Å². The molecule has 0 atom stereocenters. The molecule has 2 N–H and O–H groups in total. The number of phenolic OH excluding ortho intramolecular Hbond substituents is 1. The van der Waals surface area contributed by atoms with E-state index in [1.165, 1.54) is 0 Å². The van der Waals surface area contributed by atoms with Crippen LogP contribution in [0.3, 0.4) is 0 Å². The van der Waals surface area contributed by atoms with Gasteiger partial charge in [0.2, 0.25) is 0 Å². The van der Waals surface area contributed by atoms with Crippen molar-refractivity contribution in [1.82, 2.24) is 0 Å². The first-order chi connectivity index (χ1) is 8.83. The second-order valence-corrected chi connectivity index (χ2v) is 4.20. The van der Waals surface area contributed by atoms with Crippen molar-refractivity contribution >= 4 is 22.1 Å². The lowest BCUT2D eigenvalue weighted by atomic mass is 10.1. The Bertz CT molecular complexity index is 677. The molecule has 0 heterocycles. The number of hydrogen-bond acceptors (Lipinski definition) is 2. The first-order valence-electron chi connectivity index (χ1n) is 5.87. The fraction of sp³-hybridized carbons (Fsp3) is 0. The van der Waals surface area contributed by atoms with Crippen LogP contribution in [0.4, 0.5) is 11.4 Å². The second-order valence-electron chi connectivity index (χ2n) is 4.20. The van der Waals surface area contributed by atoms with Crippen molar-refractivity contribution in [2.45, 2.75) is 0 Å². The standard InChI is InChI=1S/C16H13NO/c18-16-8-4-5-12-9-10-14(11-15(12)16)17-13-6-2-1-3-7-13/h1-11,17-18H. The molecule has 3 aromatic rings. The Morgan fingerprint density at radius 1 is 0.722 bits per heavy atom. The fourth-order valence-corrected chi connectivity index (χ4v) is 2.02. The number of para-hydroxylation sites is 1. The van der Waals surface area contributed by atoms with Gasteiger partial charge in [0.15, 0.2) is 0 Å². The first kappa shape index (κ1) is 10.7. The van der Waals surface area contributed by atoms with Crippen LogP contribution < -0.4 is 5.32 Å². The van der Waals surface area contributed by atoms with Gasteiger partial charge >= 0.3 is 0 Å². The molecule has 0 aliphatic carbocycles. The predicted octanol–water partition coefficient (Wildman–Crippen LogP) is 4.29. The van der Waals surface area contributed by atoms with Gasteiger partial charge in [-0.2, -0.15) is 0 Å². The molecule has 0 amide bonds. The van der Waals surface area contributed by atoms with Crippen LogP contribution in [-0.2, 0) is 0 Å². The highest BCUT2D eigenvalue weighted by Gasteiger charge is 2.00. The van der Waals surface area contributed by atoms with E-state index in [0.717, 1.165) is 22.1 Å². The smallest absolute Gasteiger partial charge is 0.123 e. The number of fused-ring (bicyclic) bond motifs is 1. The molecular weight excluding hydrogens is 222 g/mol. The van der Waals surface area contributed by atoms with E-state index in [1.54, 1.807) is 6.07 Å². The molecule has 0 saturated heterocycles. The number of rotatable bonds is 2. The highest BCUT2D eigenvalue weighted by Crippen LogP contribution is 2.28. The van der Waals surface area contributed by atoms with Gasteiger partial charge in [-0.05, 0) is 35.7 Å². The number of aromatic hydroxyl groups is 1. The maximum Gasteiger partial charge on any atom is 0.123 e. The Morgan fingerprint density at radius 3 is 2.39 bits per heavy atom. The van der Waals surface area contributed by atoms with E-state index in [-0.39, 0.29) is 0 Å². The van der Waals surface area contributed by atoms with E-state index in [9.17, 15) is 5.11 Å². The van der Waals surface area contributed by atoms with Crippen molar-refractivity contribution in [1.29, 1.82) is 0 Å². The van der Waals surface area contributed by atoms with Gasteiger partial charge in [-0.25, -0.2) is 0 Å². The summed E-state index contributed by atoms with van der Waals surface area (Å²) in [5, 5.41) is 15.0. The molecule has 3 rings (SSSR count). The van der Waals surface area contributed by atoms with Crippen molar-refractivity contribution in [3.05, 3.63) is 66.7 Å². The summed E-state index contributed by atoms with van der Waals surface area (Å²) in [6.45, 7) is 0. The molecule has 0 aliphatic rings. The first-order valence-corrected chi connectivity index (χ1v) is 5.87. The normalized spacial score (nSPS) is 10.4. The Balaban J connectivity index is 2.01. The second kappa shape index (κ2) is 4.41. The maximum atomic E-state index is 9.83. The van der Waals surface area contributed by atoms with Crippen molar-refractivity contribution in [2.24, 2.45) is 0 Å². The van der Waals surface area contributed by atoms with Crippen molar-refractivity contribution < 1.29 is 5.11 Å². The number of phenols is 1. The van der Waals surface area contributed by atoms with Crippen LogP contribution >= 0.6 is 0 Å². The van der Waals surface area contributed by atoms with Crippen LogP contribution in [0.5, 0.6) is 5.75 Å². The minimum absolute atomic E-state index is 0.309. The summed E-state index contributed by atoms with van der Waals surface area (Å²) >= 11 is 0. The number of nitrogens with one attached hydrogen (secondary N) is 1. The monoisotopic (exact) mass is 235 g/mol. The van der Waals surface area contributed by atoms with Gasteiger partial charge < -0.3 is 10.4 Å². The van der Waals surface area contributed by atoms with Gasteiger partial charge in [-0.1, -0.05) is 36.4 Å². The summed E-state index contributed by atoms with van der Waals surface area (Å²) in [6.07, 6.45) is 0. The number of hydrogen-bond donors (Lipinski definition) is 2. The summed E-state index contributed by atoms with van der Waals surface area (Å²) in [4.78, 5) is 0. The van der Waals surface area contributed by atoms with E-state index in [2.05, 4.69) is 5.32 Å². The lowest BCUT2D eigenvalue weighted by molar-refractivity contribution is 0.481. The third-order valence-electron chi connectivity index (χ3n) is 2.92. The van der Waals surface area contributed by atoms with Crippen LogP contribution in [0.1, 0.15) is 0 Å². The summed E-state index contributed by atoms with van der Waals surface area (Å²) < 4.78 is 0. The topological polar surface area (TPSA) is 32.3 Å². The highest BCUT2D eigenvalue weighted by atomic mass is 16.3. The van der Waals surface area contributed by atoms with Crippen molar-refractivity contribution in [3.63, 3.8) is 0 Å². The summed E-state index contributed by atoms with van der Waals surface area (Å²) in [5.41, 5.74) is 2.00. The van der Waals surface area contributed by atoms with Crippen LogP contribution in [-0.4, -0.2) is 5.11 Å². The van der Waals surface area contributed by atoms with Crippen molar-refractivity contribution in [3.8, 4) is 5.75 Å². The molecule has 0 spiro atoms. The van der Waals surface area contributed by atoms with Gasteiger partial charge in [-0.3, -0.25) is 0 Å². The van der Waals surface area contributed by atoms with E-state index in [0.29, 0.717) is 5.75 Å². The molecule has 88 valence electrons. The van der Waals surface area contributed by atoms with Gasteiger partial charge in [0, 0.05) is 16.8 Å². The molecule has 3 aromatic carbocycles. The summed E-state index contributed by atoms with van der Waals surface area (Å²) in [6, 6.07) is 21.5. The minimum Gasteiger partial charge on any atom is -0.507 e. The molecule has 2 heteroatoms. The zero-order valence-corrected chi connectivity index (χ0v) is 9.80. The molecule has 0 radical (unpaired) electrons. The van der Waals surface area contributed by atoms with E-state index in [4.69, 9.17) is 0 Å².